The van der Waals surface area contributed by atoms with Crippen molar-refractivity contribution in [1.82, 2.24) is 4.90 Å². The van der Waals surface area contributed by atoms with Gasteiger partial charge in [0.2, 0.25) is 5.91 Å². The monoisotopic (exact) mass is 286 g/mol. The topological polar surface area (TPSA) is 86.8 Å². The van der Waals surface area contributed by atoms with Gasteiger partial charge in [-0.15, -0.1) is 0 Å². The third-order valence-corrected chi connectivity index (χ3v) is 4.78. The van der Waals surface area contributed by atoms with Crippen LogP contribution in [0.1, 0.15) is 38.5 Å². The number of hydrogen-bond acceptors (Lipinski definition) is 4. The largest absolute Gasteiger partial charge is 0.392 e. The highest BCUT2D eigenvalue weighted by atomic mass is 32.1. The predicted molar refractivity (Wildman–Crippen MR) is 75.5 cm³/mol. The van der Waals surface area contributed by atoms with Gasteiger partial charge in [0.1, 0.15) is 0 Å². The molecule has 4 N–H and O–H groups in total. The van der Waals surface area contributed by atoms with Crippen LogP contribution >= 0.6 is 12.2 Å². The number of rotatable bonds is 2. The van der Waals surface area contributed by atoms with Gasteiger partial charge in [-0.2, -0.15) is 0 Å². The number of aliphatic hydroxyl groups excluding tert-OH is 2. The summed E-state index contributed by atoms with van der Waals surface area (Å²) in [7, 11) is 0. The van der Waals surface area contributed by atoms with E-state index in [0.29, 0.717) is 12.8 Å². The number of nitrogens with two attached hydrogens (primary N) is 1. The van der Waals surface area contributed by atoms with Gasteiger partial charge in [0.25, 0.3) is 0 Å². The second kappa shape index (κ2) is 5.73. The lowest BCUT2D eigenvalue weighted by atomic mass is 9.79. The van der Waals surface area contributed by atoms with E-state index in [-0.39, 0.29) is 24.0 Å². The van der Waals surface area contributed by atoms with E-state index in [4.69, 9.17) is 18.0 Å². The molecule has 5 nitrogen and oxygen atoms in total. The molecule has 0 bridgehead atoms. The van der Waals surface area contributed by atoms with Crippen molar-refractivity contribution in [1.29, 1.82) is 0 Å². The summed E-state index contributed by atoms with van der Waals surface area (Å²) in [5, 5.41) is 19.2. The van der Waals surface area contributed by atoms with Crippen LogP contribution in [0.3, 0.4) is 0 Å². The fourth-order valence-corrected chi connectivity index (χ4v) is 3.43. The zero-order valence-electron chi connectivity index (χ0n) is 11.0. The molecular formula is C13H22N2O3S. The molecule has 0 aromatic rings. The number of thiocarbonyl (C=S) groups is 1. The maximum atomic E-state index is 12.7. The lowest BCUT2D eigenvalue weighted by Gasteiger charge is -2.34. The molecular weight excluding hydrogens is 264 g/mol. The average Bonchev–Trinajstić information content (AvgIpc) is 2.59. The van der Waals surface area contributed by atoms with Crippen molar-refractivity contribution in [2.45, 2.75) is 50.7 Å². The molecule has 1 aliphatic carbocycles. The molecule has 0 radical (unpaired) electrons. The number of nitrogens with zero attached hydrogens (tertiary/aromatic N) is 1. The molecule has 0 spiro atoms. The molecule has 1 aliphatic heterocycles. The molecule has 2 aliphatic rings. The van der Waals surface area contributed by atoms with Crippen molar-refractivity contribution < 1.29 is 15.0 Å². The van der Waals surface area contributed by atoms with Crippen LogP contribution in [0.5, 0.6) is 0 Å². The van der Waals surface area contributed by atoms with Crippen LogP contribution < -0.4 is 5.73 Å². The Labute approximate surface area is 118 Å². The number of likely N-dealkylation sites (tertiary alicyclic amines) is 1. The van der Waals surface area contributed by atoms with E-state index in [1.807, 2.05) is 0 Å². The second-order valence-corrected chi connectivity index (χ2v) is 6.15. The molecule has 1 saturated carbocycles. The molecule has 2 fully saturated rings. The molecule has 1 amide bonds. The third-order valence-electron chi connectivity index (χ3n) is 4.38. The van der Waals surface area contributed by atoms with Crippen LogP contribution in [0.25, 0.3) is 0 Å². The summed E-state index contributed by atoms with van der Waals surface area (Å²) in [6.45, 7) is 0.342. The SMILES string of the molecule is NC(=S)C1(C(=O)N2CC(O)C(O)C2)CCCCCC1. The Morgan fingerprint density at radius 3 is 2.00 bits per heavy atom. The fraction of sp³-hybridized carbons (Fsp3) is 0.846. The Bertz CT molecular complexity index is 357. The molecule has 2 atom stereocenters. The van der Waals surface area contributed by atoms with Gasteiger partial charge >= 0.3 is 0 Å². The van der Waals surface area contributed by atoms with Crippen LogP contribution in [-0.4, -0.2) is 51.3 Å². The first-order chi connectivity index (χ1) is 8.97. The van der Waals surface area contributed by atoms with Crippen molar-refractivity contribution in [3.63, 3.8) is 0 Å². The maximum absolute atomic E-state index is 12.7. The number of amides is 1. The van der Waals surface area contributed by atoms with E-state index in [1.165, 1.54) is 4.90 Å². The van der Waals surface area contributed by atoms with Crippen LogP contribution in [0.15, 0.2) is 0 Å². The van der Waals surface area contributed by atoms with Crippen molar-refractivity contribution >= 4 is 23.1 Å². The van der Waals surface area contributed by atoms with E-state index < -0.39 is 17.6 Å². The lowest BCUT2D eigenvalue weighted by Crippen LogP contribution is -2.50. The van der Waals surface area contributed by atoms with E-state index in [1.54, 1.807) is 0 Å². The van der Waals surface area contributed by atoms with E-state index in [2.05, 4.69) is 0 Å². The third kappa shape index (κ3) is 2.75. The van der Waals surface area contributed by atoms with Crippen molar-refractivity contribution in [3.8, 4) is 0 Å². The highest BCUT2D eigenvalue weighted by Crippen LogP contribution is 2.38. The Balaban J connectivity index is 2.19. The highest BCUT2D eigenvalue weighted by molar-refractivity contribution is 7.80. The summed E-state index contributed by atoms with van der Waals surface area (Å²) >= 11 is 5.16. The minimum atomic E-state index is -0.863. The first kappa shape index (κ1) is 14.7. The Morgan fingerprint density at radius 1 is 1.11 bits per heavy atom. The van der Waals surface area contributed by atoms with Gasteiger partial charge in [-0.25, -0.2) is 0 Å². The van der Waals surface area contributed by atoms with Gasteiger partial charge in [-0.05, 0) is 12.8 Å². The zero-order valence-corrected chi connectivity index (χ0v) is 11.9. The Morgan fingerprint density at radius 2 is 1.58 bits per heavy atom. The molecule has 108 valence electrons. The van der Waals surface area contributed by atoms with Gasteiger partial charge < -0.3 is 20.8 Å². The summed E-state index contributed by atoms with van der Waals surface area (Å²) in [6.07, 6.45) is 3.74. The van der Waals surface area contributed by atoms with Gasteiger partial charge in [-0.1, -0.05) is 37.9 Å². The summed E-state index contributed by atoms with van der Waals surface area (Å²) in [5.74, 6) is -0.113. The van der Waals surface area contributed by atoms with Gasteiger partial charge in [0.05, 0.1) is 22.6 Å². The van der Waals surface area contributed by atoms with Crippen molar-refractivity contribution in [2.75, 3.05) is 13.1 Å². The van der Waals surface area contributed by atoms with E-state index in [0.717, 1.165) is 25.7 Å². The van der Waals surface area contributed by atoms with Crippen LogP contribution in [0.4, 0.5) is 0 Å². The van der Waals surface area contributed by atoms with Gasteiger partial charge in [0, 0.05) is 13.1 Å². The lowest BCUT2D eigenvalue weighted by molar-refractivity contribution is -0.138. The number of β-amino-alcohol motifs (C(OH)–C–C–N with tert-alkyl or cyclic N) is 2. The smallest absolute Gasteiger partial charge is 0.235 e. The fourth-order valence-electron chi connectivity index (χ4n) is 3.14. The Hall–Kier alpha value is -0.720. The van der Waals surface area contributed by atoms with Crippen LogP contribution in [0, 0.1) is 5.41 Å². The molecule has 1 saturated heterocycles. The normalized spacial score (nSPS) is 30.9. The maximum Gasteiger partial charge on any atom is 0.235 e. The first-order valence-electron chi connectivity index (χ1n) is 6.93. The second-order valence-electron chi connectivity index (χ2n) is 5.71. The van der Waals surface area contributed by atoms with Crippen LogP contribution in [-0.2, 0) is 4.79 Å². The molecule has 0 aromatic heterocycles. The van der Waals surface area contributed by atoms with Crippen molar-refractivity contribution in [3.05, 3.63) is 0 Å². The summed E-state index contributed by atoms with van der Waals surface area (Å²) < 4.78 is 0. The molecule has 2 unspecified atom stereocenters. The van der Waals surface area contributed by atoms with Crippen LogP contribution in [0.2, 0.25) is 0 Å². The zero-order chi connectivity index (χ0) is 14.0. The molecule has 0 aromatic carbocycles. The minimum Gasteiger partial charge on any atom is -0.392 e. The molecule has 19 heavy (non-hydrogen) atoms. The van der Waals surface area contributed by atoms with E-state index >= 15 is 0 Å². The predicted octanol–water partition coefficient (Wildman–Crippen LogP) is 0.177. The molecule has 2 rings (SSSR count). The highest BCUT2D eigenvalue weighted by Gasteiger charge is 2.46. The first-order valence-corrected chi connectivity index (χ1v) is 7.33. The van der Waals surface area contributed by atoms with E-state index in [9.17, 15) is 15.0 Å². The summed E-state index contributed by atoms with van der Waals surface area (Å²) in [5.41, 5.74) is 5.10. The van der Waals surface area contributed by atoms with Crippen molar-refractivity contribution in [2.24, 2.45) is 11.1 Å². The number of hydrogen-bond donors (Lipinski definition) is 3. The quantitative estimate of drug-likeness (QED) is 0.498. The number of aliphatic hydroxyl groups is 2. The minimum absolute atomic E-state index is 0.113. The summed E-state index contributed by atoms with van der Waals surface area (Å²) in [6, 6.07) is 0. The molecule has 1 heterocycles. The summed E-state index contributed by atoms with van der Waals surface area (Å²) in [4.78, 5) is 14.5. The number of carbonyl (C=O) groups excluding carboxylic acids is 1. The van der Waals surface area contributed by atoms with Gasteiger partial charge in [0.15, 0.2) is 0 Å². The van der Waals surface area contributed by atoms with Gasteiger partial charge in [-0.3, -0.25) is 4.79 Å². The average molecular weight is 286 g/mol. The molecule has 6 heteroatoms. The number of carbonyl (C=O) groups is 1. The standard InChI is InChI=1S/C13H22N2O3S/c14-11(19)13(5-3-1-2-4-6-13)12(18)15-7-9(16)10(17)8-15/h9-10,16-17H,1-8H2,(H2,14,19). The Kier molecular flexibility index (Phi) is 4.43.